The summed E-state index contributed by atoms with van der Waals surface area (Å²) >= 11 is 14.0. The van der Waals surface area contributed by atoms with E-state index in [9.17, 15) is 9.59 Å². The molecule has 8 heteroatoms. The lowest BCUT2D eigenvalue weighted by Crippen LogP contribution is -2.45. The van der Waals surface area contributed by atoms with Crippen molar-refractivity contribution in [3.63, 3.8) is 0 Å². The number of carbonyl (C=O) groups is 2. The third-order valence-electron chi connectivity index (χ3n) is 6.82. The Kier molecular flexibility index (Phi) is 7.44. The zero-order valence-corrected chi connectivity index (χ0v) is 21.7. The average molecular weight is 529 g/mol. The topological polar surface area (TPSA) is 43.9 Å². The molecule has 2 aromatic carbocycles. The number of hydrogen-bond donors (Lipinski definition) is 0. The number of amides is 2. The molecule has 2 aliphatic rings. The molecule has 0 aliphatic carbocycles. The van der Waals surface area contributed by atoms with Crippen LogP contribution < -0.4 is 0 Å². The molecule has 2 amide bonds. The summed E-state index contributed by atoms with van der Waals surface area (Å²) in [6, 6.07) is 17.7. The molecular weight excluding hydrogens is 501 g/mol. The normalized spacial score (nSPS) is 18.7. The number of carbonyl (C=O) groups excluding carboxylic acids is 2. The molecule has 3 aromatic rings. The van der Waals surface area contributed by atoms with Gasteiger partial charge in [0.2, 0.25) is 5.91 Å². The minimum absolute atomic E-state index is 0.0900. The first-order valence-corrected chi connectivity index (χ1v) is 13.5. The van der Waals surface area contributed by atoms with Crippen LogP contribution in [0, 0.1) is 0 Å². The summed E-state index contributed by atoms with van der Waals surface area (Å²) in [6.07, 6.45) is 1.70. The summed E-state index contributed by atoms with van der Waals surface area (Å²) in [5, 5.41) is 3.00. The van der Waals surface area contributed by atoms with Gasteiger partial charge in [0.15, 0.2) is 0 Å². The third-order valence-corrected chi connectivity index (χ3v) is 8.36. The third kappa shape index (κ3) is 5.26. The van der Waals surface area contributed by atoms with Gasteiger partial charge >= 0.3 is 0 Å². The SMILES string of the molecule is O=C(CN1CCc2sccc2C1c1ccccc1)N1CCCN(C(=O)c2ccc(Cl)cc2Cl)CC1. The molecule has 5 rings (SSSR count). The first-order chi connectivity index (χ1) is 17.0. The Bertz CT molecular complexity index is 1220. The Labute approximate surface area is 219 Å². The van der Waals surface area contributed by atoms with E-state index in [1.54, 1.807) is 34.4 Å². The van der Waals surface area contributed by atoms with Crippen LogP contribution in [0.15, 0.2) is 60.0 Å². The highest BCUT2D eigenvalue weighted by molar-refractivity contribution is 7.10. The highest BCUT2D eigenvalue weighted by Crippen LogP contribution is 2.37. The van der Waals surface area contributed by atoms with Crippen LogP contribution in [-0.2, 0) is 11.2 Å². The molecule has 35 heavy (non-hydrogen) atoms. The molecule has 0 N–H and O–H groups in total. The van der Waals surface area contributed by atoms with Gasteiger partial charge in [0.25, 0.3) is 5.91 Å². The van der Waals surface area contributed by atoms with Crippen LogP contribution in [0.1, 0.15) is 38.8 Å². The molecule has 5 nitrogen and oxygen atoms in total. The van der Waals surface area contributed by atoms with Gasteiger partial charge in [-0.2, -0.15) is 0 Å². The molecule has 1 unspecified atom stereocenters. The Balaban J connectivity index is 1.26. The molecule has 1 aromatic heterocycles. The van der Waals surface area contributed by atoms with E-state index in [0.29, 0.717) is 48.3 Å². The summed E-state index contributed by atoms with van der Waals surface area (Å²) in [5.41, 5.74) is 2.97. The van der Waals surface area contributed by atoms with E-state index in [-0.39, 0.29) is 17.9 Å². The first kappa shape index (κ1) is 24.3. The molecule has 182 valence electrons. The van der Waals surface area contributed by atoms with Crippen molar-refractivity contribution in [1.29, 1.82) is 0 Å². The number of nitrogens with zero attached hydrogens (tertiary/aromatic N) is 3. The molecule has 0 radical (unpaired) electrons. The lowest BCUT2D eigenvalue weighted by molar-refractivity contribution is -0.132. The van der Waals surface area contributed by atoms with Crippen molar-refractivity contribution in [3.05, 3.63) is 91.6 Å². The Morgan fingerprint density at radius 2 is 1.69 bits per heavy atom. The maximum atomic E-state index is 13.4. The van der Waals surface area contributed by atoms with E-state index < -0.39 is 0 Å². The van der Waals surface area contributed by atoms with Gasteiger partial charge < -0.3 is 9.80 Å². The van der Waals surface area contributed by atoms with Crippen molar-refractivity contribution in [1.82, 2.24) is 14.7 Å². The molecule has 1 saturated heterocycles. The fourth-order valence-electron chi connectivity index (χ4n) is 5.04. The lowest BCUT2D eigenvalue weighted by atomic mass is 9.93. The molecule has 3 heterocycles. The van der Waals surface area contributed by atoms with E-state index in [0.717, 1.165) is 19.4 Å². The number of hydrogen-bond acceptors (Lipinski definition) is 4. The lowest BCUT2D eigenvalue weighted by Gasteiger charge is -2.37. The maximum Gasteiger partial charge on any atom is 0.255 e. The molecular formula is C27H27Cl2N3O2S. The van der Waals surface area contributed by atoms with Crippen LogP contribution in [0.4, 0.5) is 0 Å². The first-order valence-electron chi connectivity index (χ1n) is 11.9. The second-order valence-corrected chi connectivity index (χ2v) is 10.8. The van der Waals surface area contributed by atoms with Crippen molar-refractivity contribution in [3.8, 4) is 0 Å². The molecule has 0 saturated carbocycles. The predicted octanol–water partition coefficient (Wildman–Crippen LogP) is 5.38. The molecule has 0 spiro atoms. The number of benzene rings is 2. The van der Waals surface area contributed by atoms with Gasteiger partial charge in [-0.05, 0) is 53.6 Å². The van der Waals surface area contributed by atoms with Crippen molar-refractivity contribution in [2.45, 2.75) is 18.9 Å². The monoisotopic (exact) mass is 527 g/mol. The van der Waals surface area contributed by atoms with Gasteiger partial charge in [0.05, 0.1) is 23.2 Å². The summed E-state index contributed by atoms with van der Waals surface area (Å²) in [7, 11) is 0. The standard InChI is InChI=1S/C27H27Cl2N3O2S/c28-20-7-8-21(23(29)17-20)27(34)31-12-4-11-30(14-15-31)25(33)18-32-13-9-24-22(10-16-35-24)26(32)19-5-2-1-3-6-19/h1-3,5-8,10,16-17,26H,4,9,11-15,18H2. The zero-order valence-electron chi connectivity index (χ0n) is 19.3. The summed E-state index contributed by atoms with van der Waals surface area (Å²) in [6.45, 7) is 3.46. The van der Waals surface area contributed by atoms with Crippen LogP contribution in [0.3, 0.4) is 0 Å². The van der Waals surface area contributed by atoms with Crippen LogP contribution in [-0.4, -0.2) is 65.8 Å². The smallest absolute Gasteiger partial charge is 0.255 e. The summed E-state index contributed by atoms with van der Waals surface area (Å²) in [4.78, 5) is 33.9. The van der Waals surface area contributed by atoms with Gasteiger partial charge in [0, 0.05) is 42.6 Å². The van der Waals surface area contributed by atoms with Crippen molar-refractivity contribution >= 4 is 46.4 Å². The number of rotatable bonds is 4. The second-order valence-electron chi connectivity index (χ2n) is 8.98. The number of halogens is 2. The largest absolute Gasteiger partial charge is 0.340 e. The van der Waals surface area contributed by atoms with Gasteiger partial charge in [0.1, 0.15) is 0 Å². The van der Waals surface area contributed by atoms with Crippen LogP contribution in [0.2, 0.25) is 10.0 Å². The van der Waals surface area contributed by atoms with Gasteiger partial charge in [-0.25, -0.2) is 0 Å². The highest BCUT2D eigenvalue weighted by atomic mass is 35.5. The average Bonchev–Trinajstić information content (AvgIpc) is 3.19. The number of thiophene rings is 1. The minimum atomic E-state index is -0.119. The van der Waals surface area contributed by atoms with E-state index in [1.807, 2.05) is 11.0 Å². The maximum absolute atomic E-state index is 13.4. The summed E-state index contributed by atoms with van der Waals surface area (Å²) in [5.74, 6) is -0.00504. The highest BCUT2D eigenvalue weighted by Gasteiger charge is 2.32. The Morgan fingerprint density at radius 3 is 2.49 bits per heavy atom. The number of fused-ring (bicyclic) bond motifs is 1. The fourth-order valence-corrected chi connectivity index (χ4v) is 6.43. The van der Waals surface area contributed by atoms with E-state index >= 15 is 0 Å². The Hall–Kier alpha value is -2.38. The predicted molar refractivity (Wildman–Crippen MR) is 141 cm³/mol. The van der Waals surface area contributed by atoms with Crippen molar-refractivity contribution in [2.75, 3.05) is 39.3 Å². The van der Waals surface area contributed by atoms with Gasteiger partial charge in [-0.1, -0.05) is 53.5 Å². The van der Waals surface area contributed by atoms with Gasteiger partial charge in [-0.3, -0.25) is 14.5 Å². The van der Waals surface area contributed by atoms with Gasteiger partial charge in [-0.15, -0.1) is 11.3 Å². The fraction of sp³-hybridized carbons (Fsp3) is 0.333. The van der Waals surface area contributed by atoms with Crippen molar-refractivity contribution < 1.29 is 9.59 Å². The van der Waals surface area contributed by atoms with E-state index in [2.05, 4.69) is 40.6 Å². The quantitative estimate of drug-likeness (QED) is 0.457. The Morgan fingerprint density at radius 1 is 0.914 bits per heavy atom. The second kappa shape index (κ2) is 10.7. The van der Waals surface area contributed by atoms with Crippen LogP contribution >= 0.6 is 34.5 Å². The molecule has 1 fully saturated rings. The van der Waals surface area contributed by atoms with Crippen LogP contribution in [0.25, 0.3) is 0 Å². The van der Waals surface area contributed by atoms with Crippen molar-refractivity contribution in [2.24, 2.45) is 0 Å². The van der Waals surface area contributed by atoms with E-state index in [1.165, 1.54) is 16.0 Å². The molecule has 2 aliphatic heterocycles. The van der Waals surface area contributed by atoms with Crippen LogP contribution in [0.5, 0.6) is 0 Å². The van der Waals surface area contributed by atoms with E-state index in [4.69, 9.17) is 23.2 Å². The minimum Gasteiger partial charge on any atom is -0.340 e. The molecule has 1 atom stereocenters. The summed E-state index contributed by atoms with van der Waals surface area (Å²) < 4.78 is 0. The molecule has 0 bridgehead atoms. The zero-order chi connectivity index (χ0) is 24.4.